The van der Waals surface area contributed by atoms with E-state index in [1.807, 2.05) is 6.92 Å². The highest BCUT2D eigenvalue weighted by Crippen LogP contribution is 2.34. The van der Waals surface area contributed by atoms with Gasteiger partial charge in [0.05, 0.1) is 18.3 Å². The number of nitro benzene ring substituents is 1. The van der Waals surface area contributed by atoms with Crippen molar-refractivity contribution < 1.29 is 32.1 Å². The molecule has 13 heteroatoms. The van der Waals surface area contributed by atoms with Crippen LogP contribution in [0.5, 0.6) is 5.75 Å². The zero-order valence-corrected chi connectivity index (χ0v) is 22.7. The minimum absolute atomic E-state index is 0.00302. The summed E-state index contributed by atoms with van der Waals surface area (Å²) in [7, 11) is -2.87. The number of halogens is 1. The van der Waals surface area contributed by atoms with Crippen LogP contribution in [0.25, 0.3) is 0 Å². The Morgan fingerprint density at radius 1 is 1.16 bits per heavy atom. The maximum absolute atomic E-state index is 13.7. The average Bonchev–Trinajstić information content (AvgIpc) is 2.87. The molecule has 0 aliphatic carbocycles. The summed E-state index contributed by atoms with van der Waals surface area (Å²) in [6.07, 6.45) is 2.67. The van der Waals surface area contributed by atoms with Gasteiger partial charge in [-0.3, -0.25) is 24.0 Å². The van der Waals surface area contributed by atoms with E-state index in [0.717, 1.165) is 31.2 Å². The van der Waals surface area contributed by atoms with Crippen LogP contribution in [-0.2, 0) is 26.2 Å². The van der Waals surface area contributed by atoms with Crippen molar-refractivity contribution in [1.82, 2.24) is 10.2 Å². The number of carbonyl (C=O) groups excluding carboxylic acids is 2. The molecule has 0 radical (unpaired) electrons. The lowest BCUT2D eigenvalue weighted by Gasteiger charge is -2.33. The van der Waals surface area contributed by atoms with Crippen LogP contribution in [0, 0.1) is 15.9 Å². The first-order chi connectivity index (χ1) is 17.9. The van der Waals surface area contributed by atoms with E-state index in [4.69, 9.17) is 4.74 Å². The monoisotopic (exact) mass is 552 g/mol. The van der Waals surface area contributed by atoms with Crippen LogP contribution >= 0.6 is 0 Å². The molecule has 0 bridgehead atoms. The largest absolute Gasteiger partial charge is 0.495 e. The molecule has 2 amide bonds. The average molecular weight is 553 g/mol. The Hall–Kier alpha value is -3.74. The zero-order chi connectivity index (χ0) is 28.5. The van der Waals surface area contributed by atoms with Crippen LogP contribution in [-0.4, -0.2) is 62.6 Å². The third-order valence-corrected chi connectivity index (χ3v) is 6.93. The third-order valence-electron chi connectivity index (χ3n) is 5.80. The molecular formula is C25H33FN4O7S. The molecule has 0 aliphatic heterocycles. The van der Waals surface area contributed by atoms with Gasteiger partial charge in [0.15, 0.2) is 0 Å². The van der Waals surface area contributed by atoms with E-state index in [2.05, 4.69) is 5.32 Å². The molecule has 38 heavy (non-hydrogen) atoms. The molecule has 1 N–H and O–H groups in total. The highest BCUT2D eigenvalue weighted by molar-refractivity contribution is 7.92. The fraction of sp³-hybridized carbons (Fsp3) is 0.440. The first kappa shape index (κ1) is 30.5. The van der Waals surface area contributed by atoms with E-state index in [0.29, 0.717) is 16.4 Å². The Morgan fingerprint density at radius 2 is 1.82 bits per heavy atom. The van der Waals surface area contributed by atoms with Gasteiger partial charge >= 0.3 is 0 Å². The SMILES string of the molecule is CCCCNC(=O)[C@@H](CC)N(Cc1ccc(F)cc1)C(=O)CN(c1cc([N+](=O)[O-])ccc1OC)S(C)(=O)=O. The van der Waals surface area contributed by atoms with Crippen molar-refractivity contribution in [2.75, 3.05) is 30.8 Å². The van der Waals surface area contributed by atoms with E-state index in [1.54, 1.807) is 6.92 Å². The smallest absolute Gasteiger partial charge is 0.271 e. The highest BCUT2D eigenvalue weighted by atomic mass is 32.2. The zero-order valence-electron chi connectivity index (χ0n) is 21.8. The van der Waals surface area contributed by atoms with Crippen molar-refractivity contribution in [3.05, 3.63) is 64.0 Å². The number of unbranched alkanes of at least 4 members (excludes halogenated alkanes) is 1. The van der Waals surface area contributed by atoms with Gasteiger partial charge in [-0.05, 0) is 36.6 Å². The molecule has 0 fully saturated rings. The molecule has 11 nitrogen and oxygen atoms in total. The summed E-state index contributed by atoms with van der Waals surface area (Å²) in [5, 5.41) is 14.1. The maximum Gasteiger partial charge on any atom is 0.271 e. The number of anilines is 1. The second-order valence-electron chi connectivity index (χ2n) is 8.60. The Kier molecular flexibility index (Phi) is 11.0. The van der Waals surface area contributed by atoms with Gasteiger partial charge in [0.2, 0.25) is 21.8 Å². The molecule has 0 aliphatic rings. The predicted octanol–water partition coefficient (Wildman–Crippen LogP) is 3.23. The molecule has 1 atom stereocenters. The molecule has 208 valence electrons. The Labute approximate surface area is 221 Å². The quantitative estimate of drug-likeness (QED) is 0.216. The van der Waals surface area contributed by atoms with Gasteiger partial charge in [0, 0.05) is 25.2 Å². The van der Waals surface area contributed by atoms with Gasteiger partial charge in [-0.1, -0.05) is 32.4 Å². The van der Waals surface area contributed by atoms with Crippen LogP contribution < -0.4 is 14.4 Å². The normalized spacial score (nSPS) is 11.9. The molecule has 2 aromatic rings. The second-order valence-corrected chi connectivity index (χ2v) is 10.5. The molecular weight excluding hydrogens is 519 g/mol. The number of hydrogen-bond acceptors (Lipinski definition) is 7. The van der Waals surface area contributed by atoms with E-state index in [-0.39, 0.29) is 24.4 Å². The number of non-ortho nitro benzene ring substituents is 1. The third kappa shape index (κ3) is 8.13. The number of nitrogens with zero attached hydrogens (tertiary/aromatic N) is 3. The van der Waals surface area contributed by atoms with Gasteiger partial charge in [-0.2, -0.15) is 0 Å². The van der Waals surface area contributed by atoms with Gasteiger partial charge in [-0.15, -0.1) is 0 Å². The van der Waals surface area contributed by atoms with E-state index < -0.39 is 50.9 Å². The summed E-state index contributed by atoms with van der Waals surface area (Å²) in [6, 6.07) is 7.82. The summed E-state index contributed by atoms with van der Waals surface area (Å²) >= 11 is 0. The molecule has 0 unspecified atom stereocenters. The lowest BCUT2D eigenvalue weighted by Crippen LogP contribution is -2.52. The number of hydrogen-bond donors (Lipinski definition) is 1. The summed E-state index contributed by atoms with van der Waals surface area (Å²) < 4.78 is 45.0. The number of nitro groups is 1. The fourth-order valence-electron chi connectivity index (χ4n) is 3.79. The van der Waals surface area contributed by atoms with Gasteiger partial charge in [0.25, 0.3) is 5.69 Å². The van der Waals surface area contributed by atoms with Crippen molar-refractivity contribution in [3.63, 3.8) is 0 Å². The fourth-order valence-corrected chi connectivity index (χ4v) is 4.64. The van der Waals surface area contributed by atoms with Crippen molar-refractivity contribution in [2.24, 2.45) is 0 Å². The summed E-state index contributed by atoms with van der Waals surface area (Å²) in [5.74, 6) is -1.61. The molecule has 0 saturated carbocycles. The molecule has 2 aromatic carbocycles. The van der Waals surface area contributed by atoms with Crippen LogP contribution in [0.2, 0.25) is 0 Å². The first-order valence-electron chi connectivity index (χ1n) is 12.0. The van der Waals surface area contributed by atoms with Gasteiger partial charge in [-0.25, -0.2) is 12.8 Å². The van der Waals surface area contributed by atoms with Crippen molar-refractivity contribution >= 4 is 33.2 Å². The summed E-state index contributed by atoms with van der Waals surface area (Å²) in [5.41, 5.74) is -0.0649. The molecule has 0 aromatic heterocycles. The van der Waals surface area contributed by atoms with Crippen molar-refractivity contribution in [2.45, 2.75) is 45.7 Å². The first-order valence-corrected chi connectivity index (χ1v) is 13.9. The predicted molar refractivity (Wildman–Crippen MR) is 141 cm³/mol. The summed E-state index contributed by atoms with van der Waals surface area (Å²) in [6.45, 7) is 3.24. The Balaban J connectivity index is 2.52. The van der Waals surface area contributed by atoms with Gasteiger partial charge in [0.1, 0.15) is 29.8 Å². The lowest BCUT2D eigenvalue weighted by atomic mass is 10.1. The van der Waals surface area contributed by atoms with Crippen LogP contribution in [0.15, 0.2) is 42.5 Å². The summed E-state index contributed by atoms with van der Waals surface area (Å²) in [4.78, 5) is 38.6. The standard InChI is InChI=1S/C25H33FN4O7S/c1-5-7-14-27-25(32)21(6-2)28(16-18-8-10-19(26)11-9-18)24(31)17-29(38(4,35)36)22-15-20(30(33)34)12-13-23(22)37-3/h8-13,15,21H,5-7,14,16-17H2,1-4H3,(H,27,32)/t21-/m1/s1. The number of nitrogens with one attached hydrogen (secondary N) is 1. The van der Waals surface area contributed by atoms with E-state index in [9.17, 15) is 32.5 Å². The molecule has 0 spiro atoms. The highest BCUT2D eigenvalue weighted by Gasteiger charge is 2.33. The number of carbonyl (C=O) groups is 2. The number of amides is 2. The van der Waals surface area contributed by atoms with Crippen molar-refractivity contribution in [1.29, 1.82) is 0 Å². The number of methoxy groups -OCH3 is 1. The molecule has 0 saturated heterocycles. The van der Waals surface area contributed by atoms with Crippen LogP contribution in [0.4, 0.5) is 15.8 Å². The number of rotatable bonds is 14. The van der Waals surface area contributed by atoms with Crippen LogP contribution in [0.1, 0.15) is 38.7 Å². The number of sulfonamides is 1. The van der Waals surface area contributed by atoms with Gasteiger partial charge < -0.3 is 15.0 Å². The Bertz CT molecular complexity index is 1240. The van der Waals surface area contributed by atoms with Crippen LogP contribution in [0.3, 0.4) is 0 Å². The second kappa shape index (κ2) is 13.7. The van der Waals surface area contributed by atoms with E-state index in [1.165, 1.54) is 42.3 Å². The minimum Gasteiger partial charge on any atom is -0.495 e. The van der Waals surface area contributed by atoms with E-state index >= 15 is 0 Å². The maximum atomic E-state index is 13.7. The molecule has 0 heterocycles. The Morgan fingerprint density at radius 3 is 2.34 bits per heavy atom. The van der Waals surface area contributed by atoms with Crippen molar-refractivity contribution in [3.8, 4) is 5.75 Å². The topological polar surface area (TPSA) is 139 Å². The lowest BCUT2D eigenvalue weighted by molar-refractivity contribution is -0.384. The molecule has 2 rings (SSSR count). The number of ether oxygens (including phenoxy) is 1. The number of benzene rings is 2. The minimum atomic E-state index is -4.14.